The minimum Gasteiger partial charge on any atom is -0.339 e. The summed E-state index contributed by atoms with van der Waals surface area (Å²) in [6, 6.07) is 0. The second kappa shape index (κ2) is 2.52. The lowest BCUT2D eigenvalue weighted by molar-refractivity contribution is -0.177. The first-order valence-electron chi connectivity index (χ1n) is 6.48. The quantitative estimate of drug-likeness (QED) is 0.782. The van der Waals surface area contributed by atoms with Gasteiger partial charge in [-0.1, -0.05) is 19.0 Å². The summed E-state index contributed by atoms with van der Waals surface area (Å²) < 4.78 is 5.37. The van der Waals surface area contributed by atoms with E-state index in [4.69, 9.17) is 4.52 Å². The highest BCUT2D eigenvalue weighted by Gasteiger charge is 2.71. The third kappa shape index (κ3) is 0.950. The molecule has 1 aromatic heterocycles. The number of aromatic nitrogens is 2. The van der Waals surface area contributed by atoms with E-state index in [2.05, 4.69) is 24.0 Å². The lowest BCUT2D eigenvalue weighted by Crippen LogP contribution is -2.67. The molecule has 0 radical (unpaired) electrons. The number of hydrogen-bond donors (Lipinski definition) is 0. The Balaban J connectivity index is 1.55. The minimum atomic E-state index is 0.320. The average molecular weight is 218 g/mol. The van der Waals surface area contributed by atoms with Crippen molar-refractivity contribution in [2.24, 2.45) is 11.3 Å². The first-order valence-corrected chi connectivity index (χ1v) is 6.48. The van der Waals surface area contributed by atoms with Crippen LogP contribution in [0.1, 0.15) is 63.6 Å². The van der Waals surface area contributed by atoms with Gasteiger partial charge in [-0.25, -0.2) is 0 Å². The maximum absolute atomic E-state index is 5.37. The van der Waals surface area contributed by atoms with E-state index in [0.717, 1.165) is 17.6 Å². The van der Waals surface area contributed by atoms with E-state index in [1.54, 1.807) is 0 Å². The SMILES string of the molecule is CC(C)C12CC(c3noc(C4CC4)n3)(C1)C2. The molecule has 0 aromatic carbocycles. The van der Waals surface area contributed by atoms with Crippen LogP contribution >= 0.6 is 0 Å². The molecule has 4 fully saturated rings. The summed E-state index contributed by atoms with van der Waals surface area (Å²) in [5.41, 5.74) is 0.946. The Bertz CT molecular complexity index is 425. The maximum Gasteiger partial charge on any atom is 0.229 e. The Hall–Kier alpha value is -0.860. The fourth-order valence-electron chi connectivity index (χ4n) is 3.66. The smallest absolute Gasteiger partial charge is 0.229 e. The van der Waals surface area contributed by atoms with Gasteiger partial charge in [0.15, 0.2) is 5.82 Å². The molecule has 1 heterocycles. The van der Waals surface area contributed by atoms with Gasteiger partial charge in [-0.2, -0.15) is 4.98 Å². The third-order valence-corrected chi connectivity index (χ3v) is 5.14. The number of hydrogen-bond acceptors (Lipinski definition) is 3. The molecule has 1 aromatic rings. The molecule has 3 nitrogen and oxygen atoms in total. The summed E-state index contributed by atoms with van der Waals surface area (Å²) in [7, 11) is 0. The van der Waals surface area contributed by atoms with Crippen LogP contribution in [0.5, 0.6) is 0 Å². The molecule has 0 saturated heterocycles. The van der Waals surface area contributed by atoms with Gasteiger partial charge >= 0.3 is 0 Å². The van der Waals surface area contributed by atoms with E-state index in [-0.39, 0.29) is 0 Å². The molecule has 3 heteroatoms. The molecule has 0 spiro atoms. The van der Waals surface area contributed by atoms with Crippen LogP contribution in [-0.2, 0) is 5.41 Å². The number of rotatable bonds is 3. The van der Waals surface area contributed by atoms with Gasteiger partial charge in [-0.05, 0) is 43.4 Å². The molecule has 0 aliphatic heterocycles. The summed E-state index contributed by atoms with van der Waals surface area (Å²) in [6.07, 6.45) is 6.36. The second-order valence-electron chi connectivity index (χ2n) is 6.56. The molecule has 4 aliphatic rings. The molecule has 0 unspecified atom stereocenters. The molecule has 86 valence electrons. The van der Waals surface area contributed by atoms with E-state index in [9.17, 15) is 0 Å². The van der Waals surface area contributed by atoms with Gasteiger partial charge in [-0.15, -0.1) is 0 Å². The van der Waals surface area contributed by atoms with Crippen molar-refractivity contribution >= 4 is 0 Å². The van der Waals surface area contributed by atoms with Crippen LogP contribution in [0, 0.1) is 11.3 Å². The molecule has 0 N–H and O–H groups in total. The predicted octanol–water partition coefficient (Wildman–Crippen LogP) is 3.02. The van der Waals surface area contributed by atoms with Crippen LogP contribution < -0.4 is 0 Å². The summed E-state index contributed by atoms with van der Waals surface area (Å²) in [5, 5.41) is 4.21. The molecule has 16 heavy (non-hydrogen) atoms. The predicted molar refractivity (Wildman–Crippen MR) is 59.1 cm³/mol. The highest BCUT2D eigenvalue weighted by molar-refractivity contribution is 5.31. The fourth-order valence-corrected chi connectivity index (χ4v) is 3.66. The molecular weight excluding hydrogens is 200 g/mol. The summed E-state index contributed by atoms with van der Waals surface area (Å²) in [4.78, 5) is 4.62. The zero-order valence-electron chi connectivity index (χ0n) is 9.99. The zero-order valence-corrected chi connectivity index (χ0v) is 9.99. The van der Waals surface area contributed by atoms with Gasteiger partial charge in [0, 0.05) is 11.3 Å². The zero-order chi connectivity index (χ0) is 11.0. The maximum atomic E-state index is 5.37. The van der Waals surface area contributed by atoms with E-state index in [0.29, 0.717) is 16.7 Å². The topological polar surface area (TPSA) is 38.9 Å². The van der Waals surface area contributed by atoms with Gasteiger partial charge < -0.3 is 4.52 Å². The van der Waals surface area contributed by atoms with Gasteiger partial charge in [-0.3, -0.25) is 0 Å². The Labute approximate surface area is 95.6 Å². The van der Waals surface area contributed by atoms with Crippen LogP contribution in [-0.4, -0.2) is 10.1 Å². The number of nitrogens with zero attached hydrogens (tertiary/aromatic N) is 2. The first kappa shape index (κ1) is 9.20. The monoisotopic (exact) mass is 218 g/mol. The Kier molecular flexibility index (Phi) is 1.45. The van der Waals surface area contributed by atoms with Crippen molar-refractivity contribution in [1.82, 2.24) is 10.1 Å². The van der Waals surface area contributed by atoms with Crippen LogP contribution in [0.3, 0.4) is 0 Å². The van der Waals surface area contributed by atoms with Crippen molar-refractivity contribution in [2.45, 2.75) is 57.3 Å². The lowest BCUT2D eigenvalue weighted by Gasteiger charge is -2.71. The van der Waals surface area contributed by atoms with Crippen molar-refractivity contribution in [3.63, 3.8) is 0 Å². The van der Waals surface area contributed by atoms with E-state index >= 15 is 0 Å². The van der Waals surface area contributed by atoms with Gasteiger partial charge in [0.05, 0.1) is 0 Å². The molecule has 4 saturated carbocycles. The van der Waals surface area contributed by atoms with Crippen LogP contribution in [0.2, 0.25) is 0 Å². The molecule has 5 rings (SSSR count). The Morgan fingerprint density at radius 3 is 2.50 bits per heavy atom. The second-order valence-corrected chi connectivity index (χ2v) is 6.56. The summed E-state index contributed by atoms with van der Waals surface area (Å²) in [5.74, 6) is 3.31. The van der Waals surface area contributed by atoms with Gasteiger partial charge in [0.25, 0.3) is 0 Å². The van der Waals surface area contributed by atoms with Crippen molar-refractivity contribution in [1.29, 1.82) is 0 Å². The van der Waals surface area contributed by atoms with E-state index in [1.165, 1.54) is 32.1 Å². The van der Waals surface area contributed by atoms with Crippen molar-refractivity contribution in [3.8, 4) is 0 Å². The molecular formula is C13H18N2O. The van der Waals surface area contributed by atoms with E-state index < -0.39 is 0 Å². The molecule has 0 atom stereocenters. The van der Waals surface area contributed by atoms with Crippen LogP contribution in [0.25, 0.3) is 0 Å². The Morgan fingerprint density at radius 1 is 1.25 bits per heavy atom. The van der Waals surface area contributed by atoms with Crippen LogP contribution in [0.15, 0.2) is 4.52 Å². The van der Waals surface area contributed by atoms with Crippen molar-refractivity contribution in [2.75, 3.05) is 0 Å². The third-order valence-electron chi connectivity index (χ3n) is 5.14. The largest absolute Gasteiger partial charge is 0.339 e. The molecule has 0 amide bonds. The molecule has 4 aliphatic carbocycles. The average Bonchev–Trinajstić information content (AvgIpc) is 2.82. The normalized spacial score (nSPS) is 40.7. The Morgan fingerprint density at radius 2 is 1.94 bits per heavy atom. The standard InChI is InChI=1S/C13H18N2O/c1-8(2)12-5-13(6-12,7-12)11-14-10(16-15-11)9-3-4-9/h8-9H,3-7H2,1-2H3. The van der Waals surface area contributed by atoms with E-state index in [1.807, 2.05) is 0 Å². The first-order chi connectivity index (χ1) is 7.64. The van der Waals surface area contributed by atoms with Crippen molar-refractivity contribution in [3.05, 3.63) is 11.7 Å². The lowest BCUT2D eigenvalue weighted by atomic mass is 9.32. The summed E-state index contributed by atoms with van der Waals surface area (Å²) in [6.45, 7) is 4.68. The minimum absolute atomic E-state index is 0.320. The highest BCUT2D eigenvalue weighted by atomic mass is 16.5. The molecule has 2 bridgehead atoms. The van der Waals surface area contributed by atoms with Gasteiger partial charge in [0.1, 0.15) is 0 Å². The summed E-state index contributed by atoms with van der Waals surface area (Å²) >= 11 is 0. The van der Waals surface area contributed by atoms with Crippen molar-refractivity contribution < 1.29 is 4.52 Å². The fraction of sp³-hybridized carbons (Fsp3) is 0.846. The highest BCUT2D eigenvalue weighted by Crippen LogP contribution is 2.75. The van der Waals surface area contributed by atoms with Gasteiger partial charge in [0.2, 0.25) is 5.89 Å². The van der Waals surface area contributed by atoms with Crippen LogP contribution in [0.4, 0.5) is 0 Å².